The second-order valence-electron chi connectivity index (χ2n) is 12.0. The number of rotatable bonds is 5. The third-order valence-electron chi connectivity index (χ3n) is 10.4. The van der Waals surface area contributed by atoms with Crippen molar-refractivity contribution in [1.29, 1.82) is 0 Å². The largest absolute Gasteiger partial charge is 0.0996 e. The Bertz CT molecular complexity index is 544. The first-order valence-electron chi connectivity index (χ1n) is 12.5. The summed E-state index contributed by atoms with van der Waals surface area (Å²) in [5, 5.41) is 0. The number of hydrogen-bond acceptors (Lipinski definition) is 0. The zero-order valence-corrected chi connectivity index (χ0v) is 18.9. The second kappa shape index (κ2) is 7.53. The van der Waals surface area contributed by atoms with E-state index >= 15 is 0 Å². The van der Waals surface area contributed by atoms with E-state index in [0.717, 1.165) is 35.5 Å². The lowest BCUT2D eigenvalue weighted by molar-refractivity contribution is -0.108. The van der Waals surface area contributed by atoms with Gasteiger partial charge in [0.05, 0.1) is 0 Å². The third-order valence-corrected chi connectivity index (χ3v) is 10.4. The van der Waals surface area contributed by atoms with Crippen LogP contribution in [0.1, 0.15) is 111 Å². The predicted molar refractivity (Wildman–Crippen MR) is 118 cm³/mol. The monoisotopic (exact) mass is 370 g/mol. The normalized spacial score (nSPS) is 46.6. The van der Waals surface area contributed by atoms with E-state index in [1.807, 2.05) is 0 Å². The summed E-state index contributed by atoms with van der Waals surface area (Å²) in [6, 6.07) is 0. The quantitative estimate of drug-likeness (QED) is 0.426. The van der Waals surface area contributed by atoms with Crippen molar-refractivity contribution in [1.82, 2.24) is 0 Å². The molecule has 0 aliphatic heterocycles. The van der Waals surface area contributed by atoms with Gasteiger partial charge in [-0.15, -0.1) is 0 Å². The maximum atomic E-state index is 4.65. The molecule has 27 heavy (non-hydrogen) atoms. The van der Waals surface area contributed by atoms with Crippen molar-refractivity contribution in [2.45, 2.75) is 111 Å². The standard InChI is InChI=1S/C27H46/c1-19(2)9-8-10-20(3)23-14-15-24-22-13-12-21-11-6-7-17-26(21,4)25(22)16-18-27(23,24)5/h19,21-25H,3,6-18H2,1-2,4-5H3/t21?,22-,23+,24-,25-,26-,27+/m0/s1. The van der Waals surface area contributed by atoms with Crippen molar-refractivity contribution < 1.29 is 0 Å². The van der Waals surface area contributed by atoms with Gasteiger partial charge in [0.2, 0.25) is 0 Å². The van der Waals surface area contributed by atoms with Crippen molar-refractivity contribution in [3.05, 3.63) is 12.2 Å². The molecule has 4 aliphatic rings. The van der Waals surface area contributed by atoms with Crippen LogP contribution in [0.5, 0.6) is 0 Å². The minimum Gasteiger partial charge on any atom is -0.0996 e. The van der Waals surface area contributed by atoms with Crippen LogP contribution in [0.15, 0.2) is 12.2 Å². The minimum absolute atomic E-state index is 0.577. The molecule has 4 saturated carbocycles. The summed E-state index contributed by atoms with van der Waals surface area (Å²) in [6.07, 6.45) is 19.2. The van der Waals surface area contributed by atoms with Crippen LogP contribution in [0.2, 0.25) is 0 Å². The van der Waals surface area contributed by atoms with Crippen molar-refractivity contribution >= 4 is 0 Å². The molecule has 1 unspecified atom stereocenters. The van der Waals surface area contributed by atoms with Crippen LogP contribution in [-0.4, -0.2) is 0 Å². The van der Waals surface area contributed by atoms with Crippen LogP contribution < -0.4 is 0 Å². The molecule has 0 spiro atoms. The Morgan fingerprint density at radius 2 is 1.67 bits per heavy atom. The molecule has 7 atom stereocenters. The van der Waals surface area contributed by atoms with Gasteiger partial charge in [-0.3, -0.25) is 0 Å². The van der Waals surface area contributed by atoms with Crippen LogP contribution in [0, 0.1) is 46.3 Å². The summed E-state index contributed by atoms with van der Waals surface area (Å²) in [6.45, 7) is 14.8. The summed E-state index contributed by atoms with van der Waals surface area (Å²) < 4.78 is 0. The van der Waals surface area contributed by atoms with Crippen LogP contribution in [0.4, 0.5) is 0 Å². The van der Waals surface area contributed by atoms with E-state index in [1.54, 1.807) is 18.4 Å². The Kier molecular flexibility index (Phi) is 5.59. The first-order chi connectivity index (χ1) is 12.9. The topological polar surface area (TPSA) is 0 Å². The molecule has 0 aromatic heterocycles. The summed E-state index contributed by atoms with van der Waals surface area (Å²) in [5.74, 6) is 5.81. The summed E-state index contributed by atoms with van der Waals surface area (Å²) in [5.41, 5.74) is 2.89. The van der Waals surface area contributed by atoms with Crippen LogP contribution in [0.3, 0.4) is 0 Å². The fourth-order valence-corrected chi connectivity index (χ4v) is 8.88. The maximum absolute atomic E-state index is 4.65. The van der Waals surface area contributed by atoms with Gasteiger partial charge in [0.1, 0.15) is 0 Å². The fraction of sp³-hybridized carbons (Fsp3) is 0.926. The molecule has 4 rings (SSSR count). The predicted octanol–water partition coefficient (Wildman–Crippen LogP) is 8.42. The highest BCUT2D eigenvalue weighted by molar-refractivity contribution is 5.16. The number of fused-ring (bicyclic) bond motifs is 5. The molecular formula is C27H46. The summed E-state index contributed by atoms with van der Waals surface area (Å²) in [7, 11) is 0. The van der Waals surface area contributed by atoms with E-state index in [9.17, 15) is 0 Å². The molecular weight excluding hydrogens is 324 g/mol. The fourth-order valence-electron chi connectivity index (χ4n) is 8.88. The molecule has 0 radical (unpaired) electrons. The molecule has 0 aromatic carbocycles. The van der Waals surface area contributed by atoms with Crippen molar-refractivity contribution in [3.8, 4) is 0 Å². The van der Waals surface area contributed by atoms with Gasteiger partial charge < -0.3 is 0 Å². The van der Waals surface area contributed by atoms with Gasteiger partial charge in [-0.05, 0) is 111 Å². The lowest BCUT2D eigenvalue weighted by Gasteiger charge is -2.60. The Morgan fingerprint density at radius 3 is 2.44 bits per heavy atom. The van der Waals surface area contributed by atoms with Gasteiger partial charge in [-0.1, -0.05) is 59.1 Å². The zero-order valence-electron chi connectivity index (χ0n) is 18.9. The molecule has 0 amide bonds. The number of allylic oxidation sites excluding steroid dienone is 1. The molecule has 0 saturated heterocycles. The van der Waals surface area contributed by atoms with E-state index < -0.39 is 0 Å². The Labute approximate surface area is 170 Å². The summed E-state index contributed by atoms with van der Waals surface area (Å²) in [4.78, 5) is 0. The van der Waals surface area contributed by atoms with Crippen molar-refractivity contribution in [2.24, 2.45) is 46.3 Å². The van der Waals surface area contributed by atoms with Gasteiger partial charge in [-0.25, -0.2) is 0 Å². The maximum Gasteiger partial charge on any atom is -0.0149 e. The minimum atomic E-state index is 0.577. The average Bonchev–Trinajstić information content (AvgIpc) is 2.98. The second-order valence-corrected chi connectivity index (χ2v) is 12.0. The molecule has 0 heterocycles. The van der Waals surface area contributed by atoms with Crippen molar-refractivity contribution in [3.63, 3.8) is 0 Å². The highest BCUT2D eigenvalue weighted by atomic mass is 14.6. The van der Waals surface area contributed by atoms with Crippen LogP contribution in [0.25, 0.3) is 0 Å². The molecule has 154 valence electrons. The van der Waals surface area contributed by atoms with Crippen LogP contribution in [-0.2, 0) is 0 Å². The Morgan fingerprint density at radius 1 is 0.889 bits per heavy atom. The van der Waals surface area contributed by atoms with Gasteiger partial charge in [0.25, 0.3) is 0 Å². The first-order valence-corrected chi connectivity index (χ1v) is 12.5. The Hall–Kier alpha value is -0.260. The van der Waals surface area contributed by atoms with Crippen molar-refractivity contribution in [2.75, 3.05) is 0 Å². The van der Waals surface area contributed by atoms with E-state index in [2.05, 4.69) is 34.3 Å². The molecule has 4 aliphatic carbocycles. The Balaban J connectivity index is 1.47. The average molecular weight is 371 g/mol. The molecule has 0 heteroatoms. The van der Waals surface area contributed by atoms with Crippen LogP contribution >= 0.6 is 0 Å². The molecule has 0 bridgehead atoms. The summed E-state index contributed by atoms with van der Waals surface area (Å²) >= 11 is 0. The molecule has 0 N–H and O–H groups in total. The highest BCUT2D eigenvalue weighted by Crippen LogP contribution is 2.68. The van der Waals surface area contributed by atoms with Gasteiger partial charge in [0.15, 0.2) is 0 Å². The number of hydrogen-bond donors (Lipinski definition) is 0. The lowest BCUT2D eigenvalue weighted by Crippen LogP contribution is -2.52. The van der Waals surface area contributed by atoms with E-state index in [1.165, 1.54) is 70.6 Å². The van der Waals surface area contributed by atoms with Gasteiger partial charge >= 0.3 is 0 Å². The highest BCUT2D eigenvalue weighted by Gasteiger charge is 2.59. The van der Waals surface area contributed by atoms with E-state index in [4.69, 9.17) is 0 Å². The molecule has 4 fully saturated rings. The third kappa shape index (κ3) is 3.36. The van der Waals surface area contributed by atoms with E-state index in [0.29, 0.717) is 10.8 Å². The lowest BCUT2D eigenvalue weighted by atomic mass is 9.44. The molecule has 0 aromatic rings. The first kappa shape index (κ1) is 20.0. The van der Waals surface area contributed by atoms with Gasteiger partial charge in [0, 0.05) is 0 Å². The SMILES string of the molecule is C=C(CCCC(C)C)[C@H]1CC[C@H]2[C@@H]3CCC4CCCC[C@]4(C)[C@H]3CC[C@]12C. The van der Waals surface area contributed by atoms with Gasteiger partial charge in [-0.2, -0.15) is 0 Å². The smallest absolute Gasteiger partial charge is 0.0149 e. The van der Waals surface area contributed by atoms with E-state index in [-0.39, 0.29) is 0 Å². The zero-order chi connectivity index (χ0) is 19.2. The molecule has 0 nitrogen and oxygen atoms in total.